The van der Waals surface area contributed by atoms with Crippen LogP contribution in [0.1, 0.15) is 0 Å². The van der Waals surface area contributed by atoms with Gasteiger partial charge < -0.3 is 9.64 Å². The van der Waals surface area contributed by atoms with Gasteiger partial charge in [-0.3, -0.25) is 0 Å². The molecule has 0 spiro atoms. The van der Waals surface area contributed by atoms with Gasteiger partial charge in [0, 0.05) is 12.0 Å². The Kier molecular flexibility index (Phi) is 5.50. The van der Waals surface area contributed by atoms with Crippen LogP contribution in [0.4, 0.5) is 0 Å². The topological polar surface area (TPSA) is 12.5 Å². The lowest BCUT2D eigenvalue weighted by Crippen LogP contribution is -2.19. The second kappa shape index (κ2) is 5.55. The molecule has 1 rings (SSSR count). The quantitative estimate of drug-likeness (QED) is 0.699. The van der Waals surface area contributed by atoms with E-state index in [0.29, 0.717) is 0 Å². The van der Waals surface area contributed by atoms with Crippen LogP contribution in [0.15, 0.2) is 23.9 Å². The van der Waals surface area contributed by atoms with Crippen LogP contribution in [0.3, 0.4) is 0 Å². The molecule has 1 heterocycles. The molecule has 11 heavy (non-hydrogen) atoms. The van der Waals surface area contributed by atoms with Crippen LogP contribution in [-0.4, -0.2) is 24.4 Å². The summed E-state index contributed by atoms with van der Waals surface area (Å²) in [5.41, 5.74) is 0. The Labute approximate surface area is 82.1 Å². The van der Waals surface area contributed by atoms with E-state index >= 15 is 0 Å². The molecular weight excluding hydrogens is 226 g/mol. The van der Waals surface area contributed by atoms with E-state index in [2.05, 4.69) is 11.5 Å². The van der Waals surface area contributed by atoms with E-state index in [4.69, 9.17) is 4.74 Å². The number of rotatable bonds is 3. The van der Waals surface area contributed by atoms with Crippen LogP contribution in [0, 0.1) is 0 Å². The maximum absolute atomic E-state index is 5.09. The Bertz CT molecular complexity index is 161. The normalized spacial score (nSPS) is 15.4. The summed E-state index contributed by atoms with van der Waals surface area (Å²) in [5.74, 6) is 1.93. The zero-order chi connectivity index (χ0) is 7.40. The molecule has 0 radical (unpaired) electrons. The Morgan fingerprint density at radius 3 is 3.18 bits per heavy atom. The molecule has 0 N–H and O–H groups in total. The molecule has 0 saturated heterocycles. The van der Waals surface area contributed by atoms with Gasteiger partial charge in [0.1, 0.15) is 0 Å². The molecule has 0 bridgehead atoms. The zero-order valence-corrected chi connectivity index (χ0v) is 8.98. The van der Waals surface area contributed by atoms with Gasteiger partial charge in [-0.1, -0.05) is 6.08 Å². The van der Waals surface area contributed by atoms with Crippen molar-refractivity contribution in [1.82, 2.24) is 4.90 Å². The Morgan fingerprint density at radius 2 is 2.64 bits per heavy atom. The molecule has 0 unspecified atom stereocenters. The third-order valence-corrected chi connectivity index (χ3v) is 2.11. The fourth-order valence-corrected chi connectivity index (χ4v) is 1.69. The van der Waals surface area contributed by atoms with Crippen molar-refractivity contribution in [2.75, 3.05) is 19.5 Å². The lowest BCUT2D eigenvalue weighted by Gasteiger charge is -2.17. The molecule has 4 heteroatoms. The molecule has 1 aliphatic heterocycles. The predicted octanol–water partition coefficient (Wildman–Crippen LogP) is 2.20. The zero-order valence-electron chi connectivity index (χ0n) is 6.45. The highest BCUT2D eigenvalue weighted by Crippen LogP contribution is 2.22. The largest absolute Gasteiger partial charge is 0.482 e. The Morgan fingerprint density at radius 1 is 1.91 bits per heavy atom. The first-order valence-corrected chi connectivity index (χ1v) is 4.15. The lowest BCUT2D eigenvalue weighted by atomic mass is 10.5. The monoisotopic (exact) mass is 237 g/mol. The average molecular weight is 238 g/mol. The third kappa shape index (κ3) is 2.79. The van der Waals surface area contributed by atoms with Crippen molar-refractivity contribution in [3.63, 3.8) is 0 Å². The van der Waals surface area contributed by atoms with E-state index < -0.39 is 0 Å². The van der Waals surface area contributed by atoms with Gasteiger partial charge in [-0.2, -0.15) is 0 Å². The second-order valence-electron chi connectivity index (χ2n) is 1.97. The van der Waals surface area contributed by atoms with E-state index in [0.717, 1.165) is 18.3 Å². The Hall–Kier alpha value is -0.0900. The molecule has 0 aromatic heterocycles. The van der Waals surface area contributed by atoms with Crippen molar-refractivity contribution in [2.45, 2.75) is 0 Å². The molecule has 0 atom stereocenters. The van der Waals surface area contributed by atoms with Crippen molar-refractivity contribution < 1.29 is 4.74 Å². The molecule has 2 nitrogen and oxygen atoms in total. The van der Waals surface area contributed by atoms with Gasteiger partial charge in [-0.25, -0.2) is 0 Å². The summed E-state index contributed by atoms with van der Waals surface area (Å²) < 4.78 is 5.09. The third-order valence-electron chi connectivity index (χ3n) is 1.28. The van der Waals surface area contributed by atoms with Gasteiger partial charge in [0.2, 0.25) is 0 Å². The minimum Gasteiger partial charge on any atom is -0.482 e. The summed E-state index contributed by atoms with van der Waals surface area (Å²) in [5, 5.41) is 2.02. The summed E-state index contributed by atoms with van der Waals surface area (Å²) >= 11 is 1.75. The van der Waals surface area contributed by atoms with Crippen LogP contribution in [0.5, 0.6) is 0 Å². The maximum atomic E-state index is 5.09. The molecule has 0 aliphatic carbocycles. The van der Waals surface area contributed by atoms with Gasteiger partial charge in [-0.05, 0) is 0 Å². The van der Waals surface area contributed by atoms with E-state index in [9.17, 15) is 0 Å². The number of halogens is 1. The fraction of sp³-hybridized carbons (Fsp3) is 0.429. The first kappa shape index (κ1) is 10.9. The molecule has 0 aromatic carbocycles. The molecule has 0 amide bonds. The van der Waals surface area contributed by atoms with E-state index in [1.54, 1.807) is 18.9 Å². The number of methoxy groups -OCH3 is 1. The second-order valence-corrected chi connectivity index (χ2v) is 2.79. The summed E-state index contributed by atoms with van der Waals surface area (Å²) in [6.07, 6.45) is 1.87. The first-order valence-electron chi connectivity index (χ1n) is 3.10. The highest BCUT2D eigenvalue weighted by atomic mass is 79.9. The number of thioether (sulfide) groups is 1. The van der Waals surface area contributed by atoms with Crippen molar-refractivity contribution in [2.24, 2.45) is 0 Å². The molecule has 0 aromatic rings. The SMILES string of the molecule is Br.C=CCN1CSC=C1OC. The smallest absolute Gasteiger partial charge is 0.196 e. The van der Waals surface area contributed by atoms with Gasteiger partial charge in [-0.15, -0.1) is 35.3 Å². The van der Waals surface area contributed by atoms with Gasteiger partial charge in [0.05, 0.1) is 13.0 Å². The molecular formula is C7H12BrNOS. The van der Waals surface area contributed by atoms with Crippen molar-refractivity contribution >= 4 is 28.7 Å². The summed E-state index contributed by atoms with van der Waals surface area (Å²) in [7, 11) is 1.69. The number of ether oxygens (including phenoxy) is 1. The molecule has 0 fully saturated rings. The van der Waals surface area contributed by atoms with Crippen LogP contribution in [-0.2, 0) is 4.74 Å². The van der Waals surface area contributed by atoms with Gasteiger partial charge >= 0.3 is 0 Å². The molecule has 1 aliphatic rings. The highest BCUT2D eigenvalue weighted by Gasteiger charge is 2.13. The van der Waals surface area contributed by atoms with Crippen molar-refractivity contribution in [1.29, 1.82) is 0 Å². The predicted molar refractivity (Wildman–Crippen MR) is 54.8 cm³/mol. The minimum absolute atomic E-state index is 0. The van der Waals surface area contributed by atoms with E-state index in [-0.39, 0.29) is 17.0 Å². The number of hydrogen-bond donors (Lipinski definition) is 0. The van der Waals surface area contributed by atoms with Crippen molar-refractivity contribution in [3.05, 3.63) is 23.9 Å². The first-order chi connectivity index (χ1) is 4.88. The summed E-state index contributed by atoms with van der Waals surface area (Å²) in [6.45, 7) is 4.53. The standard InChI is InChI=1S/C7H11NOS.BrH/c1-3-4-8-6-10-5-7(8)9-2;/h3,5H,1,4,6H2,2H3;1H. The van der Waals surface area contributed by atoms with Crippen LogP contribution in [0.2, 0.25) is 0 Å². The van der Waals surface area contributed by atoms with Gasteiger partial charge in [0.15, 0.2) is 5.88 Å². The molecule has 64 valence electrons. The van der Waals surface area contributed by atoms with Crippen LogP contribution < -0.4 is 0 Å². The van der Waals surface area contributed by atoms with Gasteiger partial charge in [0.25, 0.3) is 0 Å². The number of nitrogens with zero attached hydrogens (tertiary/aromatic N) is 1. The van der Waals surface area contributed by atoms with E-state index in [1.807, 2.05) is 11.5 Å². The maximum Gasteiger partial charge on any atom is 0.196 e. The van der Waals surface area contributed by atoms with Crippen molar-refractivity contribution in [3.8, 4) is 0 Å². The highest BCUT2D eigenvalue weighted by molar-refractivity contribution is 8.93. The Balaban J connectivity index is 0.000001000. The lowest BCUT2D eigenvalue weighted by molar-refractivity contribution is 0.184. The molecule has 0 saturated carbocycles. The summed E-state index contributed by atoms with van der Waals surface area (Å²) in [4.78, 5) is 2.12. The average Bonchev–Trinajstić information content (AvgIpc) is 2.36. The van der Waals surface area contributed by atoms with E-state index in [1.165, 1.54) is 0 Å². The van der Waals surface area contributed by atoms with Crippen LogP contribution >= 0.6 is 28.7 Å². The minimum atomic E-state index is 0. The number of hydrogen-bond acceptors (Lipinski definition) is 3. The fourth-order valence-electron chi connectivity index (χ4n) is 0.812. The summed E-state index contributed by atoms with van der Waals surface area (Å²) in [6, 6.07) is 0. The van der Waals surface area contributed by atoms with Crippen LogP contribution in [0.25, 0.3) is 0 Å².